The molecule has 7 nitrogen and oxygen atoms in total. The Balaban J connectivity index is 1.58. The van der Waals surface area contributed by atoms with Crippen molar-refractivity contribution >= 4 is 23.6 Å². The van der Waals surface area contributed by atoms with Crippen LogP contribution in [0.25, 0.3) is 5.69 Å². The third kappa shape index (κ3) is 5.33. The Morgan fingerprint density at radius 1 is 1.09 bits per heavy atom. The van der Waals surface area contributed by atoms with Crippen molar-refractivity contribution < 1.29 is 9.59 Å². The highest BCUT2D eigenvalue weighted by atomic mass is 32.2. The maximum Gasteiger partial charge on any atom is 0.235 e. The van der Waals surface area contributed by atoms with E-state index in [2.05, 4.69) is 58.9 Å². The highest BCUT2D eigenvalue weighted by Crippen LogP contribution is 2.30. The van der Waals surface area contributed by atoms with E-state index in [0.717, 1.165) is 22.6 Å². The van der Waals surface area contributed by atoms with Gasteiger partial charge in [0.2, 0.25) is 11.8 Å². The largest absolute Gasteiger partial charge is 0.369 e. The van der Waals surface area contributed by atoms with Crippen LogP contribution in [0.15, 0.2) is 53.7 Å². The first kappa shape index (κ1) is 24.0. The summed E-state index contributed by atoms with van der Waals surface area (Å²) in [5.74, 6) is 0.470. The quantitative estimate of drug-likeness (QED) is 0.524. The number of primary amides is 1. The van der Waals surface area contributed by atoms with Gasteiger partial charge in [-0.3, -0.25) is 14.2 Å². The van der Waals surface area contributed by atoms with Crippen LogP contribution < -0.4 is 5.73 Å². The molecule has 1 saturated heterocycles. The number of rotatable bonds is 7. The lowest BCUT2D eigenvalue weighted by molar-refractivity contribution is -0.134. The van der Waals surface area contributed by atoms with Gasteiger partial charge >= 0.3 is 0 Å². The Labute approximate surface area is 204 Å². The summed E-state index contributed by atoms with van der Waals surface area (Å²) in [5, 5.41) is 9.39. The van der Waals surface area contributed by atoms with Gasteiger partial charge in [0.25, 0.3) is 0 Å². The number of hydrogen-bond donors (Lipinski definition) is 1. The lowest BCUT2D eigenvalue weighted by Crippen LogP contribution is -2.44. The molecule has 2 aromatic carbocycles. The molecular weight excluding hydrogens is 446 g/mol. The summed E-state index contributed by atoms with van der Waals surface area (Å²) in [6.45, 7) is 7.18. The number of hydrogen-bond acceptors (Lipinski definition) is 5. The molecule has 2 N–H and O–H groups in total. The summed E-state index contributed by atoms with van der Waals surface area (Å²) in [6.07, 6.45) is 1.89. The van der Waals surface area contributed by atoms with Crippen molar-refractivity contribution in [3.05, 3.63) is 71.0 Å². The summed E-state index contributed by atoms with van der Waals surface area (Å²) in [4.78, 5) is 26.5. The monoisotopic (exact) mass is 477 g/mol. The Bertz CT molecular complexity index is 1170. The second kappa shape index (κ2) is 10.4. The highest BCUT2D eigenvalue weighted by molar-refractivity contribution is 8.00. The maximum absolute atomic E-state index is 13.2. The van der Waals surface area contributed by atoms with Gasteiger partial charge in [-0.05, 0) is 50.8 Å². The molecule has 0 aliphatic carbocycles. The van der Waals surface area contributed by atoms with Crippen molar-refractivity contribution in [3.8, 4) is 5.69 Å². The van der Waals surface area contributed by atoms with E-state index in [4.69, 9.17) is 5.73 Å². The van der Waals surface area contributed by atoms with Gasteiger partial charge in [-0.25, -0.2) is 0 Å². The van der Waals surface area contributed by atoms with Gasteiger partial charge < -0.3 is 10.6 Å². The lowest BCUT2D eigenvalue weighted by atomic mass is 9.96. The van der Waals surface area contributed by atoms with Crippen LogP contribution in [0.1, 0.15) is 42.3 Å². The molecule has 0 saturated carbocycles. The third-order valence-corrected chi connectivity index (χ3v) is 7.37. The van der Waals surface area contributed by atoms with Crippen LogP contribution in [0.3, 0.4) is 0 Å². The Hall–Kier alpha value is -3.13. The van der Waals surface area contributed by atoms with Crippen LogP contribution in [0.5, 0.6) is 0 Å². The number of nitrogens with zero attached hydrogens (tertiary/aromatic N) is 4. The number of nitrogens with two attached hydrogens (primary N) is 1. The molecule has 178 valence electrons. The minimum absolute atomic E-state index is 0.0488. The van der Waals surface area contributed by atoms with Crippen LogP contribution >= 0.6 is 11.8 Å². The Morgan fingerprint density at radius 2 is 1.79 bits per heavy atom. The summed E-state index contributed by atoms with van der Waals surface area (Å²) < 4.78 is 2.08. The van der Waals surface area contributed by atoms with Crippen molar-refractivity contribution in [1.82, 2.24) is 19.7 Å². The molecule has 8 heteroatoms. The number of aromatic nitrogens is 3. The zero-order valence-electron chi connectivity index (χ0n) is 19.9. The summed E-state index contributed by atoms with van der Waals surface area (Å²) in [5.41, 5.74) is 9.93. The SMILES string of the molecule is Cc1ccc(-n2c(Cc3ccccc3)nnc2SC(C)C(=O)N2CCC(C(N)=O)CC2)c(C)c1. The predicted molar refractivity (Wildman–Crippen MR) is 134 cm³/mol. The minimum atomic E-state index is -0.330. The fourth-order valence-corrected chi connectivity index (χ4v) is 5.38. The van der Waals surface area contributed by atoms with Crippen LogP contribution in [0, 0.1) is 19.8 Å². The smallest absolute Gasteiger partial charge is 0.235 e. The van der Waals surface area contributed by atoms with Gasteiger partial charge in [0, 0.05) is 25.4 Å². The van der Waals surface area contributed by atoms with Crippen molar-refractivity contribution in [1.29, 1.82) is 0 Å². The molecular formula is C26H31N5O2S. The van der Waals surface area contributed by atoms with E-state index < -0.39 is 0 Å². The van der Waals surface area contributed by atoms with E-state index in [0.29, 0.717) is 37.5 Å². The van der Waals surface area contributed by atoms with Crippen molar-refractivity contribution in [3.63, 3.8) is 0 Å². The molecule has 1 aromatic heterocycles. The van der Waals surface area contributed by atoms with E-state index in [1.165, 1.54) is 17.3 Å². The van der Waals surface area contributed by atoms with Crippen molar-refractivity contribution in [2.45, 2.75) is 50.4 Å². The number of thioether (sulfide) groups is 1. The van der Waals surface area contributed by atoms with Gasteiger partial charge in [-0.15, -0.1) is 10.2 Å². The van der Waals surface area contributed by atoms with Gasteiger partial charge in [-0.2, -0.15) is 0 Å². The number of carbonyl (C=O) groups excluding carboxylic acids is 2. The minimum Gasteiger partial charge on any atom is -0.369 e. The molecule has 2 amide bonds. The molecule has 3 aromatic rings. The third-order valence-electron chi connectivity index (χ3n) is 6.34. The molecule has 2 heterocycles. The van der Waals surface area contributed by atoms with Gasteiger partial charge in [0.15, 0.2) is 5.16 Å². The molecule has 1 unspecified atom stereocenters. The first-order chi connectivity index (χ1) is 16.3. The molecule has 1 fully saturated rings. The predicted octanol–water partition coefficient (Wildman–Crippen LogP) is 3.68. The van der Waals surface area contributed by atoms with Gasteiger partial charge in [0.1, 0.15) is 5.82 Å². The first-order valence-corrected chi connectivity index (χ1v) is 12.5. The normalized spacial score (nSPS) is 15.3. The number of benzene rings is 2. The van der Waals surface area contributed by atoms with Gasteiger partial charge in [-0.1, -0.05) is 59.8 Å². The van der Waals surface area contributed by atoms with E-state index in [-0.39, 0.29) is 23.0 Å². The number of carbonyl (C=O) groups is 2. The zero-order valence-corrected chi connectivity index (χ0v) is 20.7. The standard InChI is InChI=1S/C26H31N5O2S/c1-17-9-10-22(18(2)15-17)31-23(16-20-7-5-4-6-8-20)28-29-26(31)34-19(3)25(33)30-13-11-21(12-14-30)24(27)32/h4-10,15,19,21H,11-14,16H2,1-3H3,(H2,27,32). The molecule has 0 bridgehead atoms. The van der Waals surface area contributed by atoms with Crippen molar-refractivity contribution in [2.24, 2.45) is 11.7 Å². The van der Waals surface area contributed by atoms with Crippen LogP contribution in [0.4, 0.5) is 0 Å². The summed E-state index contributed by atoms with van der Waals surface area (Å²) >= 11 is 1.42. The van der Waals surface area contributed by atoms with Crippen LogP contribution in [0.2, 0.25) is 0 Å². The fraction of sp³-hybridized carbons (Fsp3) is 0.385. The maximum atomic E-state index is 13.2. The number of amides is 2. The van der Waals surface area contributed by atoms with E-state index in [1.807, 2.05) is 30.0 Å². The molecule has 1 atom stereocenters. The molecule has 4 rings (SSSR count). The van der Waals surface area contributed by atoms with Crippen LogP contribution in [-0.2, 0) is 16.0 Å². The average molecular weight is 478 g/mol. The Morgan fingerprint density at radius 3 is 2.44 bits per heavy atom. The van der Waals surface area contributed by atoms with E-state index in [1.54, 1.807) is 0 Å². The average Bonchev–Trinajstić information content (AvgIpc) is 3.20. The first-order valence-electron chi connectivity index (χ1n) is 11.6. The molecule has 1 aliphatic heterocycles. The van der Waals surface area contributed by atoms with E-state index in [9.17, 15) is 9.59 Å². The number of piperidine rings is 1. The molecule has 0 spiro atoms. The summed E-state index contributed by atoms with van der Waals surface area (Å²) in [6, 6.07) is 16.5. The summed E-state index contributed by atoms with van der Waals surface area (Å²) in [7, 11) is 0. The second-order valence-corrected chi connectivity index (χ2v) is 10.3. The fourth-order valence-electron chi connectivity index (χ4n) is 4.42. The van der Waals surface area contributed by atoms with Crippen molar-refractivity contribution in [2.75, 3.05) is 13.1 Å². The van der Waals surface area contributed by atoms with Crippen LogP contribution in [-0.4, -0.2) is 49.8 Å². The zero-order chi connectivity index (χ0) is 24.2. The topological polar surface area (TPSA) is 94.1 Å². The highest BCUT2D eigenvalue weighted by Gasteiger charge is 2.30. The lowest BCUT2D eigenvalue weighted by Gasteiger charge is -2.32. The van der Waals surface area contributed by atoms with Gasteiger partial charge in [0.05, 0.1) is 10.9 Å². The molecule has 1 aliphatic rings. The Kier molecular flexibility index (Phi) is 7.36. The van der Waals surface area contributed by atoms with E-state index >= 15 is 0 Å². The molecule has 0 radical (unpaired) electrons. The number of aryl methyl sites for hydroxylation is 2. The molecule has 34 heavy (non-hydrogen) atoms. The number of likely N-dealkylation sites (tertiary alicyclic amines) is 1. The second-order valence-electron chi connectivity index (χ2n) is 8.95.